The third-order valence-corrected chi connectivity index (χ3v) is 2.48. The molecule has 0 bridgehead atoms. The molecule has 98 valence electrons. The summed E-state index contributed by atoms with van der Waals surface area (Å²) in [6.45, 7) is 0. The Balaban J connectivity index is 2.21. The Morgan fingerprint density at radius 3 is 2.74 bits per heavy atom. The minimum Gasteiger partial charge on any atom is -0.494 e. The van der Waals surface area contributed by atoms with E-state index in [1.807, 2.05) is 0 Å². The summed E-state index contributed by atoms with van der Waals surface area (Å²) >= 11 is 5.57. The van der Waals surface area contributed by atoms with Crippen molar-refractivity contribution in [2.45, 2.75) is 0 Å². The maximum atomic E-state index is 13.0. The molecule has 0 saturated carbocycles. The number of anilines is 1. The number of ether oxygens (including phenoxy) is 1. The minimum atomic E-state index is -0.492. The molecule has 5 nitrogen and oxygen atoms in total. The largest absolute Gasteiger partial charge is 0.494 e. The summed E-state index contributed by atoms with van der Waals surface area (Å²) in [5, 5.41) is 9.94. The van der Waals surface area contributed by atoms with Crippen LogP contribution >= 0.6 is 11.6 Å². The van der Waals surface area contributed by atoms with Crippen molar-refractivity contribution >= 4 is 23.2 Å². The van der Waals surface area contributed by atoms with Crippen molar-refractivity contribution in [1.29, 1.82) is 0 Å². The van der Waals surface area contributed by atoms with Crippen LogP contribution in [0.15, 0.2) is 30.3 Å². The SMILES string of the molecule is COc1cc(F)ccc1NC(=O)c1ccc(Cl)nn1. The molecule has 0 unspecified atom stereocenters. The van der Waals surface area contributed by atoms with Gasteiger partial charge in [-0.2, -0.15) is 0 Å². The van der Waals surface area contributed by atoms with Gasteiger partial charge in [0.25, 0.3) is 5.91 Å². The van der Waals surface area contributed by atoms with Crippen molar-refractivity contribution in [3.05, 3.63) is 47.0 Å². The molecule has 1 aromatic carbocycles. The first-order valence-electron chi connectivity index (χ1n) is 5.24. The lowest BCUT2D eigenvalue weighted by atomic mass is 10.2. The number of rotatable bonds is 3. The lowest BCUT2D eigenvalue weighted by molar-refractivity contribution is 0.102. The van der Waals surface area contributed by atoms with Gasteiger partial charge in [0.15, 0.2) is 10.8 Å². The molecule has 1 aromatic heterocycles. The van der Waals surface area contributed by atoms with E-state index in [9.17, 15) is 9.18 Å². The van der Waals surface area contributed by atoms with Gasteiger partial charge in [-0.15, -0.1) is 10.2 Å². The topological polar surface area (TPSA) is 64.1 Å². The normalized spacial score (nSPS) is 10.1. The van der Waals surface area contributed by atoms with E-state index in [0.29, 0.717) is 5.69 Å². The number of carbonyl (C=O) groups is 1. The molecule has 0 radical (unpaired) electrons. The first kappa shape index (κ1) is 13.2. The van der Waals surface area contributed by atoms with Crippen molar-refractivity contribution in [1.82, 2.24) is 10.2 Å². The predicted molar refractivity (Wildman–Crippen MR) is 67.9 cm³/mol. The number of methoxy groups -OCH3 is 1. The Bertz CT molecular complexity index is 604. The Morgan fingerprint density at radius 1 is 1.32 bits per heavy atom. The van der Waals surface area contributed by atoms with Gasteiger partial charge in [-0.1, -0.05) is 11.6 Å². The zero-order chi connectivity index (χ0) is 13.8. The molecule has 7 heteroatoms. The summed E-state index contributed by atoms with van der Waals surface area (Å²) in [5.41, 5.74) is 0.432. The fraction of sp³-hybridized carbons (Fsp3) is 0.0833. The average molecular weight is 282 g/mol. The highest BCUT2D eigenvalue weighted by Gasteiger charge is 2.12. The van der Waals surface area contributed by atoms with Gasteiger partial charge in [0.1, 0.15) is 11.6 Å². The van der Waals surface area contributed by atoms with Gasteiger partial charge in [-0.05, 0) is 24.3 Å². The van der Waals surface area contributed by atoms with E-state index in [1.165, 1.54) is 37.4 Å². The molecular weight excluding hydrogens is 273 g/mol. The fourth-order valence-electron chi connectivity index (χ4n) is 1.39. The number of nitrogens with one attached hydrogen (secondary N) is 1. The molecule has 0 spiro atoms. The van der Waals surface area contributed by atoms with E-state index in [2.05, 4.69) is 15.5 Å². The van der Waals surface area contributed by atoms with Crippen LogP contribution in [0, 0.1) is 5.82 Å². The summed E-state index contributed by atoms with van der Waals surface area (Å²) in [6.07, 6.45) is 0. The molecule has 1 amide bonds. The number of halogens is 2. The predicted octanol–water partition coefficient (Wildman–Crippen LogP) is 2.53. The number of carbonyl (C=O) groups excluding carboxylic acids is 1. The third-order valence-electron chi connectivity index (χ3n) is 2.28. The molecule has 0 aliphatic rings. The summed E-state index contributed by atoms with van der Waals surface area (Å²) in [5.74, 6) is -0.731. The van der Waals surface area contributed by atoms with E-state index in [1.54, 1.807) is 0 Å². The Labute approximate surface area is 113 Å². The first-order chi connectivity index (χ1) is 9.10. The summed E-state index contributed by atoms with van der Waals surface area (Å²) in [6, 6.07) is 6.66. The second-order valence-corrected chi connectivity index (χ2v) is 3.93. The number of amides is 1. The van der Waals surface area contributed by atoms with Crippen LogP contribution in [0.25, 0.3) is 0 Å². The van der Waals surface area contributed by atoms with E-state index in [-0.39, 0.29) is 16.6 Å². The standard InChI is InChI=1S/C12H9ClFN3O2/c1-19-10-6-7(14)2-3-8(10)15-12(18)9-4-5-11(13)17-16-9/h2-6H,1H3,(H,15,18). The van der Waals surface area contributed by atoms with Gasteiger partial charge >= 0.3 is 0 Å². The maximum Gasteiger partial charge on any atom is 0.276 e. The minimum absolute atomic E-state index is 0.0933. The van der Waals surface area contributed by atoms with Gasteiger partial charge < -0.3 is 10.1 Å². The van der Waals surface area contributed by atoms with Crippen LogP contribution in [0.4, 0.5) is 10.1 Å². The van der Waals surface area contributed by atoms with Crippen LogP contribution in [-0.2, 0) is 0 Å². The Kier molecular flexibility index (Phi) is 3.91. The van der Waals surface area contributed by atoms with Crippen LogP contribution < -0.4 is 10.1 Å². The average Bonchev–Trinajstić information content (AvgIpc) is 2.41. The van der Waals surface area contributed by atoms with Crippen LogP contribution in [0.2, 0.25) is 5.15 Å². The second kappa shape index (κ2) is 5.62. The van der Waals surface area contributed by atoms with Crippen molar-refractivity contribution < 1.29 is 13.9 Å². The molecule has 0 saturated heterocycles. The van der Waals surface area contributed by atoms with Crippen molar-refractivity contribution in [2.75, 3.05) is 12.4 Å². The van der Waals surface area contributed by atoms with Gasteiger partial charge in [0, 0.05) is 6.07 Å². The lowest BCUT2D eigenvalue weighted by Gasteiger charge is -2.09. The number of aromatic nitrogens is 2. The number of benzene rings is 1. The van der Waals surface area contributed by atoms with E-state index in [0.717, 1.165) is 0 Å². The molecule has 0 aliphatic heterocycles. The smallest absolute Gasteiger partial charge is 0.276 e. The monoisotopic (exact) mass is 281 g/mol. The molecule has 2 aromatic rings. The van der Waals surface area contributed by atoms with Gasteiger partial charge in [-0.3, -0.25) is 4.79 Å². The molecule has 1 N–H and O–H groups in total. The number of hydrogen-bond acceptors (Lipinski definition) is 4. The molecular formula is C12H9ClFN3O2. The van der Waals surface area contributed by atoms with Gasteiger partial charge in [-0.25, -0.2) is 4.39 Å². The number of nitrogens with zero attached hydrogens (tertiary/aromatic N) is 2. The van der Waals surface area contributed by atoms with Crippen molar-refractivity contribution in [3.8, 4) is 5.75 Å². The number of hydrogen-bond donors (Lipinski definition) is 1. The fourth-order valence-corrected chi connectivity index (χ4v) is 1.49. The summed E-state index contributed by atoms with van der Waals surface area (Å²) in [4.78, 5) is 11.9. The van der Waals surface area contributed by atoms with E-state index >= 15 is 0 Å². The molecule has 1 heterocycles. The van der Waals surface area contributed by atoms with Gasteiger partial charge in [0.05, 0.1) is 12.8 Å². The molecule has 19 heavy (non-hydrogen) atoms. The zero-order valence-electron chi connectivity index (χ0n) is 9.85. The van der Waals surface area contributed by atoms with Crippen LogP contribution in [0.3, 0.4) is 0 Å². The molecule has 2 rings (SSSR count). The Hall–Kier alpha value is -2.21. The van der Waals surface area contributed by atoms with Crippen molar-refractivity contribution in [3.63, 3.8) is 0 Å². The highest BCUT2D eigenvalue weighted by atomic mass is 35.5. The van der Waals surface area contributed by atoms with Crippen molar-refractivity contribution in [2.24, 2.45) is 0 Å². The zero-order valence-corrected chi connectivity index (χ0v) is 10.6. The quantitative estimate of drug-likeness (QED) is 0.939. The lowest BCUT2D eigenvalue weighted by Crippen LogP contribution is -2.14. The van der Waals surface area contributed by atoms with E-state index < -0.39 is 11.7 Å². The van der Waals surface area contributed by atoms with Crippen LogP contribution in [0.5, 0.6) is 5.75 Å². The molecule has 0 atom stereocenters. The molecule has 0 aliphatic carbocycles. The van der Waals surface area contributed by atoms with Crippen LogP contribution in [-0.4, -0.2) is 23.2 Å². The maximum absolute atomic E-state index is 13.0. The summed E-state index contributed by atoms with van der Waals surface area (Å²) in [7, 11) is 1.38. The highest BCUT2D eigenvalue weighted by Crippen LogP contribution is 2.25. The van der Waals surface area contributed by atoms with E-state index in [4.69, 9.17) is 16.3 Å². The first-order valence-corrected chi connectivity index (χ1v) is 5.62. The second-order valence-electron chi connectivity index (χ2n) is 3.54. The summed E-state index contributed by atoms with van der Waals surface area (Å²) < 4.78 is 18.0. The third kappa shape index (κ3) is 3.17. The molecule has 0 fully saturated rings. The highest BCUT2D eigenvalue weighted by molar-refractivity contribution is 6.29. The van der Waals surface area contributed by atoms with Crippen LogP contribution in [0.1, 0.15) is 10.5 Å². The Morgan fingerprint density at radius 2 is 2.11 bits per heavy atom. The van der Waals surface area contributed by atoms with Gasteiger partial charge in [0.2, 0.25) is 0 Å².